The van der Waals surface area contributed by atoms with E-state index in [2.05, 4.69) is 54.8 Å². The Kier molecular flexibility index (Phi) is 12.8. The van der Waals surface area contributed by atoms with Gasteiger partial charge >= 0.3 is 6.09 Å². The standard InChI is InChI=1S/C23H25BrFN5OS.C10H19NO2/c1-5-16(17-13-14(24)11-12-26-17)27-19-7-6-8-20(29-19)32-30-22(31)15-9-10-18(23(2,3)4)28-21(15)25;1-8-6-5-7-11(8)9(12)13-10(2,3)4/h6-13,16H,5H2,1-4H3,(H,27,29)(H,30,31);8H,5-7H2,1-4H3. The maximum atomic E-state index is 14.4. The lowest BCUT2D eigenvalue weighted by molar-refractivity contribution is 0.0239. The lowest BCUT2D eigenvalue weighted by Gasteiger charge is -2.26. The molecule has 1 fully saturated rings. The lowest BCUT2D eigenvalue weighted by atomic mass is 9.91. The number of aromatic nitrogens is 3. The molecule has 1 saturated heterocycles. The molecule has 2 unspecified atom stereocenters. The molecule has 3 aromatic heterocycles. The van der Waals surface area contributed by atoms with Crippen molar-refractivity contribution in [3.63, 3.8) is 0 Å². The van der Waals surface area contributed by atoms with Crippen LogP contribution in [0.5, 0.6) is 0 Å². The molecule has 0 saturated carbocycles. The van der Waals surface area contributed by atoms with Gasteiger partial charge < -0.3 is 15.0 Å². The fourth-order valence-corrected chi connectivity index (χ4v) is 5.38. The van der Waals surface area contributed by atoms with Crippen LogP contribution < -0.4 is 10.0 Å². The molecule has 244 valence electrons. The summed E-state index contributed by atoms with van der Waals surface area (Å²) < 4.78 is 23.3. The minimum absolute atomic E-state index is 0.0173. The molecule has 0 radical (unpaired) electrons. The molecule has 1 aliphatic rings. The number of rotatable bonds is 7. The Morgan fingerprint density at radius 1 is 1.13 bits per heavy atom. The van der Waals surface area contributed by atoms with Crippen LogP contribution in [0.15, 0.2) is 58.2 Å². The lowest BCUT2D eigenvalue weighted by Crippen LogP contribution is -2.38. The second-order valence-electron chi connectivity index (χ2n) is 12.8. The summed E-state index contributed by atoms with van der Waals surface area (Å²) in [5.74, 6) is -0.697. The molecular weight excluding hydrogens is 659 g/mol. The first kappa shape index (κ1) is 36.2. The molecule has 9 nitrogen and oxygen atoms in total. The predicted molar refractivity (Wildman–Crippen MR) is 181 cm³/mol. The van der Waals surface area contributed by atoms with Crippen LogP contribution in [0, 0.1) is 5.95 Å². The first-order chi connectivity index (χ1) is 21.1. The second-order valence-corrected chi connectivity index (χ2v) is 14.6. The van der Waals surface area contributed by atoms with E-state index in [9.17, 15) is 14.0 Å². The number of hydrogen-bond donors (Lipinski definition) is 2. The Hall–Kier alpha value is -3.25. The molecule has 2 atom stereocenters. The SMILES string of the molecule is CC1CCCN1C(=O)OC(C)(C)C.CCC(Nc1cccc(SNC(=O)c2ccc(C(C)(C)C)nc2F)n1)c1cc(Br)ccn1. The highest BCUT2D eigenvalue weighted by molar-refractivity contribution is 9.10. The zero-order valence-corrected chi connectivity index (χ0v) is 29.7. The van der Waals surface area contributed by atoms with Gasteiger partial charge in [-0.05, 0) is 83.4 Å². The van der Waals surface area contributed by atoms with Gasteiger partial charge in [-0.1, -0.05) is 49.7 Å². The quantitative estimate of drug-likeness (QED) is 0.186. The molecule has 0 aliphatic carbocycles. The summed E-state index contributed by atoms with van der Waals surface area (Å²) in [6.45, 7) is 16.5. The zero-order valence-electron chi connectivity index (χ0n) is 27.3. The summed E-state index contributed by atoms with van der Waals surface area (Å²) in [7, 11) is 0. The van der Waals surface area contributed by atoms with Crippen molar-refractivity contribution >= 4 is 45.7 Å². The number of nitrogens with one attached hydrogen (secondary N) is 2. The first-order valence-corrected chi connectivity index (χ1v) is 16.7. The van der Waals surface area contributed by atoms with Gasteiger partial charge in [0.25, 0.3) is 5.91 Å². The molecule has 0 aromatic carbocycles. The Morgan fingerprint density at radius 3 is 2.44 bits per heavy atom. The Labute approximate surface area is 278 Å². The van der Waals surface area contributed by atoms with Crippen molar-refractivity contribution in [3.05, 3.63) is 76.0 Å². The van der Waals surface area contributed by atoms with Crippen LogP contribution in [0.2, 0.25) is 0 Å². The highest BCUT2D eigenvalue weighted by Crippen LogP contribution is 2.25. The first-order valence-electron chi connectivity index (χ1n) is 15.1. The smallest absolute Gasteiger partial charge is 0.410 e. The van der Waals surface area contributed by atoms with Crippen LogP contribution in [0.4, 0.5) is 15.0 Å². The predicted octanol–water partition coefficient (Wildman–Crippen LogP) is 8.48. The summed E-state index contributed by atoms with van der Waals surface area (Å²) in [5.41, 5.74) is 0.705. The van der Waals surface area contributed by atoms with Crippen LogP contribution in [-0.4, -0.2) is 50.0 Å². The highest BCUT2D eigenvalue weighted by atomic mass is 79.9. The van der Waals surface area contributed by atoms with Gasteiger partial charge in [-0.3, -0.25) is 14.5 Å². The maximum Gasteiger partial charge on any atom is 0.410 e. The van der Waals surface area contributed by atoms with E-state index in [1.54, 1.807) is 18.3 Å². The topological polar surface area (TPSA) is 109 Å². The third-order valence-corrected chi connectivity index (χ3v) is 8.06. The van der Waals surface area contributed by atoms with E-state index in [4.69, 9.17) is 4.74 Å². The van der Waals surface area contributed by atoms with E-state index >= 15 is 0 Å². The number of anilines is 1. The number of likely N-dealkylation sites (tertiary alicyclic amines) is 1. The van der Waals surface area contributed by atoms with Crippen molar-refractivity contribution in [2.24, 2.45) is 0 Å². The third kappa shape index (κ3) is 11.2. The van der Waals surface area contributed by atoms with Crippen LogP contribution >= 0.6 is 27.9 Å². The normalized spacial score (nSPS) is 15.5. The van der Waals surface area contributed by atoms with Crippen LogP contribution in [0.3, 0.4) is 0 Å². The number of pyridine rings is 3. The minimum Gasteiger partial charge on any atom is -0.444 e. The fraction of sp³-hybridized carbons (Fsp3) is 0.485. The summed E-state index contributed by atoms with van der Waals surface area (Å²) >= 11 is 4.49. The summed E-state index contributed by atoms with van der Waals surface area (Å²) in [6, 6.07) is 12.8. The van der Waals surface area contributed by atoms with E-state index < -0.39 is 11.9 Å². The number of carbonyl (C=O) groups excluding carboxylic acids is 2. The number of carbonyl (C=O) groups is 2. The molecule has 1 aliphatic heterocycles. The van der Waals surface area contributed by atoms with E-state index in [-0.39, 0.29) is 28.7 Å². The number of amides is 2. The average molecular weight is 704 g/mol. The Bertz CT molecular complexity index is 1460. The van der Waals surface area contributed by atoms with Crippen molar-refractivity contribution in [1.29, 1.82) is 0 Å². The van der Waals surface area contributed by atoms with E-state index in [0.29, 0.717) is 22.6 Å². The monoisotopic (exact) mass is 702 g/mol. The van der Waals surface area contributed by atoms with Gasteiger partial charge in [-0.2, -0.15) is 4.39 Å². The highest BCUT2D eigenvalue weighted by Gasteiger charge is 2.29. The number of hydrogen-bond acceptors (Lipinski definition) is 8. The van der Waals surface area contributed by atoms with Crippen molar-refractivity contribution in [2.45, 2.75) is 103 Å². The molecule has 0 spiro atoms. The third-order valence-electron chi connectivity index (χ3n) is 6.85. The summed E-state index contributed by atoms with van der Waals surface area (Å²) in [4.78, 5) is 38.7. The molecular formula is C33H44BrFN6O3S. The average Bonchev–Trinajstić information content (AvgIpc) is 3.40. The molecule has 3 aromatic rings. The van der Waals surface area contributed by atoms with Gasteiger partial charge in [-0.25, -0.2) is 14.8 Å². The number of nitrogens with zero attached hydrogens (tertiary/aromatic N) is 4. The largest absolute Gasteiger partial charge is 0.444 e. The van der Waals surface area contributed by atoms with Crippen LogP contribution in [-0.2, 0) is 10.2 Å². The Balaban J connectivity index is 0.000000355. The van der Waals surface area contributed by atoms with Crippen molar-refractivity contribution in [2.75, 3.05) is 11.9 Å². The van der Waals surface area contributed by atoms with Crippen molar-refractivity contribution in [1.82, 2.24) is 24.6 Å². The van der Waals surface area contributed by atoms with Gasteiger partial charge in [0.1, 0.15) is 16.4 Å². The summed E-state index contributed by atoms with van der Waals surface area (Å²) in [6.07, 6.45) is 4.59. The zero-order chi connectivity index (χ0) is 33.4. The second kappa shape index (κ2) is 15.8. The molecule has 4 rings (SSSR count). The van der Waals surface area contributed by atoms with Crippen molar-refractivity contribution < 1.29 is 18.7 Å². The number of ether oxygens (including phenoxy) is 1. The van der Waals surface area contributed by atoms with Gasteiger partial charge in [0.2, 0.25) is 5.95 Å². The van der Waals surface area contributed by atoms with Gasteiger partial charge in [-0.15, -0.1) is 0 Å². The van der Waals surface area contributed by atoms with Gasteiger partial charge in [0, 0.05) is 46.3 Å². The molecule has 2 N–H and O–H groups in total. The minimum atomic E-state index is -0.786. The molecule has 4 heterocycles. The van der Waals surface area contributed by atoms with Crippen LogP contribution in [0.25, 0.3) is 0 Å². The van der Waals surface area contributed by atoms with Gasteiger partial charge in [0.05, 0.1) is 17.3 Å². The van der Waals surface area contributed by atoms with Crippen LogP contribution in [0.1, 0.15) is 102 Å². The molecule has 2 amide bonds. The number of halogens is 2. The van der Waals surface area contributed by atoms with Gasteiger partial charge in [0.15, 0.2) is 0 Å². The van der Waals surface area contributed by atoms with Crippen molar-refractivity contribution in [3.8, 4) is 0 Å². The van der Waals surface area contributed by atoms with E-state index in [1.807, 2.05) is 70.7 Å². The maximum absolute atomic E-state index is 14.4. The summed E-state index contributed by atoms with van der Waals surface area (Å²) in [5, 5.41) is 3.94. The van der Waals surface area contributed by atoms with E-state index in [0.717, 1.165) is 47.9 Å². The molecule has 0 bridgehead atoms. The molecule has 12 heteroatoms. The van der Waals surface area contributed by atoms with E-state index in [1.165, 1.54) is 6.07 Å². The fourth-order valence-electron chi connectivity index (χ4n) is 4.43. The molecule has 45 heavy (non-hydrogen) atoms. The Morgan fingerprint density at radius 2 is 1.87 bits per heavy atom.